The number of benzene rings is 2. The lowest BCUT2D eigenvalue weighted by Gasteiger charge is -2.26. The fourth-order valence-electron chi connectivity index (χ4n) is 3.16. The van der Waals surface area contributed by atoms with Gasteiger partial charge < -0.3 is 19.5 Å². The Kier molecular flexibility index (Phi) is 5.43. The molecule has 3 rings (SSSR count). The Morgan fingerprint density at radius 1 is 1.16 bits per heavy atom. The molecule has 1 aliphatic rings. The minimum absolute atomic E-state index is 0.00431. The van der Waals surface area contributed by atoms with Gasteiger partial charge in [0, 0.05) is 18.4 Å². The van der Waals surface area contributed by atoms with E-state index in [1.54, 1.807) is 14.2 Å². The molecular formula is C20H23NO4. The van der Waals surface area contributed by atoms with Crippen molar-refractivity contribution in [2.24, 2.45) is 0 Å². The number of aryl methyl sites for hydroxylation is 1. The summed E-state index contributed by atoms with van der Waals surface area (Å²) in [4.78, 5) is 12.4. The quantitative estimate of drug-likeness (QED) is 0.876. The van der Waals surface area contributed by atoms with Crippen LogP contribution in [0.15, 0.2) is 42.5 Å². The molecule has 0 bridgehead atoms. The van der Waals surface area contributed by atoms with E-state index in [1.807, 2.05) is 42.5 Å². The Morgan fingerprint density at radius 2 is 2.00 bits per heavy atom. The first-order chi connectivity index (χ1) is 12.2. The van der Waals surface area contributed by atoms with E-state index in [0.717, 1.165) is 23.3 Å². The lowest BCUT2D eigenvalue weighted by molar-refractivity contribution is -0.122. The Hall–Kier alpha value is -2.69. The minimum atomic E-state index is 0.00431. The number of fused-ring (bicyclic) bond motifs is 1. The van der Waals surface area contributed by atoms with Gasteiger partial charge in [0.15, 0.2) is 11.5 Å². The molecule has 0 radical (unpaired) electrons. The van der Waals surface area contributed by atoms with Gasteiger partial charge in [-0.2, -0.15) is 0 Å². The van der Waals surface area contributed by atoms with Gasteiger partial charge in [-0.15, -0.1) is 0 Å². The van der Waals surface area contributed by atoms with E-state index in [-0.39, 0.29) is 11.9 Å². The molecule has 1 aliphatic heterocycles. The Balaban J connectivity index is 1.63. The largest absolute Gasteiger partial charge is 0.493 e. The zero-order chi connectivity index (χ0) is 17.6. The van der Waals surface area contributed by atoms with Gasteiger partial charge in [-0.1, -0.05) is 30.3 Å². The average molecular weight is 341 g/mol. The number of para-hydroxylation sites is 2. The van der Waals surface area contributed by atoms with Gasteiger partial charge in [-0.05, 0) is 24.1 Å². The second kappa shape index (κ2) is 7.92. The normalized spacial score (nSPS) is 15.7. The van der Waals surface area contributed by atoms with Crippen molar-refractivity contribution in [3.05, 3.63) is 53.6 Å². The van der Waals surface area contributed by atoms with Crippen LogP contribution >= 0.6 is 0 Å². The van der Waals surface area contributed by atoms with Crippen molar-refractivity contribution >= 4 is 5.91 Å². The summed E-state index contributed by atoms with van der Waals surface area (Å²) in [5, 5.41) is 3.12. The summed E-state index contributed by atoms with van der Waals surface area (Å²) in [7, 11) is 3.22. The second-order valence-electron chi connectivity index (χ2n) is 5.95. The number of nitrogens with one attached hydrogen (secondary N) is 1. The van der Waals surface area contributed by atoms with Crippen LogP contribution in [-0.2, 0) is 11.2 Å². The molecule has 1 atom stereocenters. The molecule has 1 N–H and O–H groups in total. The number of methoxy groups -OCH3 is 2. The first-order valence-electron chi connectivity index (χ1n) is 8.44. The van der Waals surface area contributed by atoms with Crippen LogP contribution in [0.1, 0.15) is 30.0 Å². The molecule has 2 aromatic rings. The molecule has 132 valence electrons. The minimum Gasteiger partial charge on any atom is -0.493 e. The highest BCUT2D eigenvalue weighted by atomic mass is 16.5. The molecule has 25 heavy (non-hydrogen) atoms. The molecule has 0 saturated carbocycles. The summed E-state index contributed by atoms with van der Waals surface area (Å²) >= 11 is 0. The average Bonchev–Trinajstić information content (AvgIpc) is 2.66. The number of carbonyl (C=O) groups is 1. The third kappa shape index (κ3) is 3.87. The van der Waals surface area contributed by atoms with Crippen LogP contribution in [0.3, 0.4) is 0 Å². The molecule has 0 saturated heterocycles. The van der Waals surface area contributed by atoms with E-state index in [0.29, 0.717) is 30.9 Å². The van der Waals surface area contributed by atoms with Crippen LogP contribution in [0, 0.1) is 0 Å². The highest BCUT2D eigenvalue weighted by Crippen LogP contribution is 2.33. The highest BCUT2D eigenvalue weighted by Gasteiger charge is 2.22. The summed E-state index contributed by atoms with van der Waals surface area (Å²) in [6, 6.07) is 13.6. The van der Waals surface area contributed by atoms with Crippen molar-refractivity contribution in [1.82, 2.24) is 5.32 Å². The van der Waals surface area contributed by atoms with E-state index in [4.69, 9.17) is 14.2 Å². The van der Waals surface area contributed by atoms with Crippen molar-refractivity contribution in [3.8, 4) is 17.2 Å². The molecule has 0 unspecified atom stereocenters. The number of hydrogen-bond donors (Lipinski definition) is 1. The Bertz CT molecular complexity index is 744. The Labute approximate surface area is 147 Å². The number of rotatable bonds is 6. The van der Waals surface area contributed by atoms with Crippen molar-refractivity contribution in [3.63, 3.8) is 0 Å². The van der Waals surface area contributed by atoms with Gasteiger partial charge >= 0.3 is 0 Å². The standard InChI is InChI=1S/C20H23NO4/c1-23-18-9-5-6-14(20(18)24-2)10-11-19(22)21-16-12-13-25-17-8-4-3-7-15(16)17/h3-9,16H,10-13H2,1-2H3,(H,21,22)/t16-/m0/s1. The molecule has 1 amide bonds. The molecular weight excluding hydrogens is 318 g/mol. The maximum absolute atomic E-state index is 12.4. The lowest BCUT2D eigenvalue weighted by Crippen LogP contribution is -2.32. The predicted molar refractivity (Wildman–Crippen MR) is 95.3 cm³/mol. The SMILES string of the molecule is COc1cccc(CCC(=O)N[C@H]2CCOc3ccccc32)c1OC. The number of carbonyl (C=O) groups excluding carboxylic acids is 1. The third-order valence-electron chi connectivity index (χ3n) is 4.40. The summed E-state index contributed by atoms with van der Waals surface area (Å²) in [6.07, 6.45) is 1.77. The van der Waals surface area contributed by atoms with Crippen LogP contribution in [0.2, 0.25) is 0 Å². The molecule has 0 spiro atoms. The van der Waals surface area contributed by atoms with Gasteiger partial charge in [-0.25, -0.2) is 0 Å². The molecule has 0 fully saturated rings. The lowest BCUT2D eigenvalue weighted by atomic mass is 10.00. The monoisotopic (exact) mass is 341 g/mol. The smallest absolute Gasteiger partial charge is 0.220 e. The molecule has 0 aromatic heterocycles. The van der Waals surface area contributed by atoms with Gasteiger partial charge in [0.25, 0.3) is 0 Å². The van der Waals surface area contributed by atoms with Crippen LogP contribution < -0.4 is 19.5 Å². The molecule has 0 aliphatic carbocycles. The number of amides is 1. The van der Waals surface area contributed by atoms with E-state index in [1.165, 1.54) is 0 Å². The molecule has 5 heteroatoms. The fraction of sp³-hybridized carbons (Fsp3) is 0.350. The zero-order valence-corrected chi connectivity index (χ0v) is 14.6. The van der Waals surface area contributed by atoms with Crippen molar-refractivity contribution in [2.45, 2.75) is 25.3 Å². The van der Waals surface area contributed by atoms with Crippen LogP contribution in [0.25, 0.3) is 0 Å². The second-order valence-corrected chi connectivity index (χ2v) is 5.95. The summed E-state index contributed by atoms with van der Waals surface area (Å²) in [6.45, 7) is 0.617. The summed E-state index contributed by atoms with van der Waals surface area (Å²) in [5.41, 5.74) is 2.01. The molecule has 5 nitrogen and oxygen atoms in total. The van der Waals surface area contributed by atoms with E-state index < -0.39 is 0 Å². The molecule has 1 heterocycles. The van der Waals surface area contributed by atoms with Crippen molar-refractivity contribution in [2.75, 3.05) is 20.8 Å². The van der Waals surface area contributed by atoms with E-state index >= 15 is 0 Å². The number of hydrogen-bond acceptors (Lipinski definition) is 4. The van der Waals surface area contributed by atoms with Crippen molar-refractivity contribution in [1.29, 1.82) is 0 Å². The first-order valence-corrected chi connectivity index (χ1v) is 8.44. The highest BCUT2D eigenvalue weighted by molar-refractivity contribution is 5.77. The first kappa shape index (κ1) is 17.1. The van der Waals surface area contributed by atoms with Gasteiger partial charge in [0.2, 0.25) is 5.91 Å². The Morgan fingerprint density at radius 3 is 2.80 bits per heavy atom. The summed E-state index contributed by atoms with van der Waals surface area (Å²) in [5.74, 6) is 2.24. The van der Waals surface area contributed by atoms with Crippen molar-refractivity contribution < 1.29 is 19.0 Å². The van der Waals surface area contributed by atoms with Crippen LogP contribution in [0.4, 0.5) is 0 Å². The molecule has 2 aromatic carbocycles. The predicted octanol–water partition coefficient (Wildman–Crippen LogP) is 3.28. The zero-order valence-electron chi connectivity index (χ0n) is 14.6. The fourth-order valence-corrected chi connectivity index (χ4v) is 3.16. The third-order valence-corrected chi connectivity index (χ3v) is 4.40. The van der Waals surface area contributed by atoms with E-state index in [2.05, 4.69) is 5.32 Å². The summed E-state index contributed by atoms with van der Waals surface area (Å²) < 4.78 is 16.4. The van der Waals surface area contributed by atoms with Gasteiger partial charge in [0.1, 0.15) is 5.75 Å². The van der Waals surface area contributed by atoms with E-state index in [9.17, 15) is 4.79 Å². The maximum atomic E-state index is 12.4. The van der Waals surface area contributed by atoms with Crippen LogP contribution in [-0.4, -0.2) is 26.7 Å². The topological polar surface area (TPSA) is 56.8 Å². The maximum Gasteiger partial charge on any atom is 0.220 e. The van der Waals surface area contributed by atoms with Gasteiger partial charge in [-0.3, -0.25) is 4.79 Å². The van der Waals surface area contributed by atoms with Gasteiger partial charge in [0.05, 0.1) is 26.9 Å². The number of ether oxygens (including phenoxy) is 3. The van der Waals surface area contributed by atoms with Crippen LogP contribution in [0.5, 0.6) is 17.2 Å².